The second-order valence-corrected chi connectivity index (χ2v) is 8.18. The Hall–Kier alpha value is -2.07. The summed E-state index contributed by atoms with van der Waals surface area (Å²) in [6.07, 6.45) is 20.8. The Balaban J connectivity index is 1.18. The minimum absolute atomic E-state index is 0.336. The highest BCUT2D eigenvalue weighted by molar-refractivity contribution is 5.98. The molecule has 0 unspecified atom stereocenters. The zero-order valence-corrected chi connectivity index (χ0v) is 17.0. The largest absolute Gasteiger partial charge is 0.372 e. The number of hydrogen-bond acceptors (Lipinski definition) is 3. The molecule has 2 heterocycles. The number of carbonyl (C=O) groups is 1. The molecule has 1 fully saturated rings. The first kappa shape index (κ1) is 19.3. The lowest BCUT2D eigenvalue weighted by Gasteiger charge is -2.37. The molecule has 3 aliphatic rings. The molecule has 28 heavy (non-hydrogen) atoms. The molecular formula is C24H33N3O. The van der Waals surface area contributed by atoms with Gasteiger partial charge in [-0.2, -0.15) is 0 Å². The van der Waals surface area contributed by atoms with Gasteiger partial charge >= 0.3 is 0 Å². The molecule has 1 aromatic rings. The van der Waals surface area contributed by atoms with Crippen LogP contribution < -0.4 is 0 Å². The zero-order chi connectivity index (χ0) is 19.2. The van der Waals surface area contributed by atoms with E-state index in [2.05, 4.69) is 50.9 Å². The molecule has 0 N–H and O–H groups in total. The van der Waals surface area contributed by atoms with E-state index in [1.807, 2.05) is 6.07 Å². The van der Waals surface area contributed by atoms with Gasteiger partial charge in [0.2, 0.25) is 0 Å². The summed E-state index contributed by atoms with van der Waals surface area (Å²) in [5.41, 5.74) is 3.72. The highest BCUT2D eigenvalue weighted by atomic mass is 16.1. The fraction of sp³-hybridized carbons (Fsp3) is 0.542. The lowest BCUT2D eigenvalue weighted by Crippen LogP contribution is -2.46. The van der Waals surface area contributed by atoms with Gasteiger partial charge in [-0.1, -0.05) is 24.3 Å². The summed E-state index contributed by atoms with van der Waals surface area (Å²) in [6.45, 7) is 6.85. The van der Waals surface area contributed by atoms with Crippen molar-refractivity contribution in [3.63, 3.8) is 0 Å². The summed E-state index contributed by atoms with van der Waals surface area (Å²) in [5.74, 6) is 0.336. The number of carbonyl (C=O) groups excluding carboxylic acids is 1. The van der Waals surface area contributed by atoms with Gasteiger partial charge in [-0.15, -0.1) is 0 Å². The minimum Gasteiger partial charge on any atom is -0.372 e. The van der Waals surface area contributed by atoms with Gasteiger partial charge in [-0.3, -0.25) is 9.69 Å². The first-order valence-corrected chi connectivity index (χ1v) is 11.0. The molecule has 150 valence electrons. The SMILES string of the molecule is O=C1CCCc2c1ccn2CCCCN1CCN(/C2=C/C=C\C/C=C\C2)CC1. The first-order valence-electron chi connectivity index (χ1n) is 11.0. The normalized spacial score (nSPS) is 24.8. The van der Waals surface area contributed by atoms with Gasteiger partial charge in [0, 0.05) is 68.7 Å². The van der Waals surface area contributed by atoms with Gasteiger partial charge in [0.25, 0.3) is 0 Å². The average molecular weight is 380 g/mol. The number of aromatic nitrogens is 1. The maximum absolute atomic E-state index is 12.0. The van der Waals surface area contributed by atoms with E-state index in [9.17, 15) is 4.79 Å². The lowest BCUT2D eigenvalue weighted by atomic mass is 9.97. The van der Waals surface area contributed by atoms with Crippen LogP contribution in [0.2, 0.25) is 0 Å². The van der Waals surface area contributed by atoms with Crippen LogP contribution in [0.3, 0.4) is 0 Å². The minimum atomic E-state index is 0.336. The number of allylic oxidation sites excluding steroid dienone is 5. The quantitative estimate of drug-likeness (QED) is 0.548. The van der Waals surface area contributed by atoms with Gasteiger partial charge < -0.3 is 9.47 Å². The molecule has 4 rings (SSSR count). The van der Waals surface area contributed by atoms with Crippen LogP contribution in [0.15, 0.2) is 48.3 Å². The molecule has 1 saturated heterocycles. The standard InChI is InChI=1S/C24H33N3O/c28-24-12-8-11-23-22(24)13-16-27(23)15-7-6-14-25-17-19-26(20-18-25)21-9-4-2-1-3-5-10-21/h2-5,9,13,16H,1,6-8,10-12,14-15,17-20H2/b4-2-,5-3-,21-9+. The van der Waals surface area contributed by atoms with Gasteiger partial charge in [0.15, 0.2) is 5.78 Å². The summed E-state index contributed by atoms with van der Waals surface area (Å²) in [6, 6.07) is 2.03. The van der Waals surface area contributed by atoms with Crippen molar-refractivity contribution >= 4 is 5.78 Å². The number of nitrogens with zero attached hydrogens (tertiary/aromatic N) is 3. The van der Waals surface area contributed by atoms with E-state index in [0.717, 1.165) is 70.4 Å². The third-order valence-corrected chi connectivity index (χ3v) is 6.29. The Morgan fingerprint density at radius 2 is 1.79 bits per heavy atom. The van der Waals surface area contributed by atoms with Crippen molar-refractivity contribution in [2.45, 2.75) is 51.5 Å². The van der Waals surface area contributed by atoms with Gasteiger partial charge in [0.05, 0.1) is 0 Å². The number of piperazine rings is 1. The number of ketones is 1. The molecule has 1 aromatic heterocycles. The van der Waals surface area contributed by atoms with Gasteiger partial charge in [-0.05, 0) is 50.8 Å². The lowest BCUT2D eigenvalue weighted by molar-refractivity contribution is 0.0971. The molecule has 1 aliphatic heterocycles. The Labute approximate surface area is 169 Å². The predicted octanol–water partition coefficient (Wildman–Crippen LogP) is 4.20. The smallest absolute Gasteiger partial charge is 0.164 e. The predicted molar refractivity (Wildman–Crippen MR) is 115 cm³/mol. The van der Waals surface area contributed by atoms with E-state index >= 15 is 0 Å². The molecule has 0 spiro atoms. The third kappa shape index (κ3) is 4.67. The summed E-state index contributed by atoms with van der Waals surface area (Å²) >= 11 is 0. The van der Waals surface area contributed by atoms with Crippen molar-refractivity contribution in [1.29, 1.82) is 0 Å². The van der Waals surface area contributed by atoms with Crippen molar-refractivity contribution in [1.82, 2.24) is 14.4 Å². The van der Waals surface area contributed by atoms with E-state index in [-0.39, 0.29) is 0 Å². The number of aryl methyl sites for hydroxylation is 1. The van der Waals surface area contributed by atoms with Crippen LogP contribution in [0.1, 0.15) is 54.6 Å². The molecular weight excluding hydrogens is 346 g/mol. The first-order chi connectivity index (χ1) is 13.8. The molecule has 0 atom stereocenters. The van der Waals surface area contributed by atoms with E-state index in [4.69, 9.17) is 0 Å². The Bertz CT molecular complexity index is 763. The summed E-state index contributed by atoms with van der Waals surface area (Å²) in [7, 11) is 0. The molecule has 0 aromatic carbocycles. The third-order valence-electron chi connectivity index (χ3n) is 6.29. The Kier molecular flexibility index (Phi) is 6.48. The molecule has 0 radical (unpaired) electrons. The number of hydrogen-bond donors (Lipinski definition) is 0. The van der Waals surface area contributed by atoms with Gasteiger partial charge in [-0.25, -0.2) is 0 Å². The molecule has 0 bridgehead atoms. The number of fused-ring (bicyclic) bond motifs is 1. The van der Waals surface area contributed by atoms with Crippen LogP contribution >= 0.6 is 0 Å². The van der Waals surface area contributed by atoms with E-state index in [1.54, 1.807) is 0 Å². The Morgan fingerprint density at radius 3 is 2.68 bits per heavy atom. The van der Waals surface area contributed by atoms with Crippen molar-refractivity contribution in [3.8, 4) is 0 Å². The summed E-state index contributed by atoms with van der Waals surface area (Å²) < 4.78 is 2.33. The second-order valence-electron chi connectivity index (χ2n) is 8.18. The molecule has 4 nitrogen and oxygen atoms in total. The second kappa shape index (κ2) is 9.42. The number of unbranched alkanes of at least 4 members (excludes halogenated alkanes) is 1. The zero-order valence-electron chi connectivity index (χ0n) is 17.0. The fourth-order valence-electron chi connectivity index (χ4n) is 4.61. The van der Waals surface area contributed by atoms with Gasteiger partial charge in [0.1, 0.15) is 0 Å². The molecule has 0 amide bonds. The molecule has 2 aliphatic carbocycles. The van der Waals surface area contributed by atoms with E-state index < -0.39 is 0 Å². The molecule has 4 heteroatoms. The maximum Gasteiger partial charge on any atom is 0.164 e. The van der Waals surface area contributed by atoms with Crippen molar-refractivity contribution in [2.75, 3.05) is 32.7 Å². The molecule has 0 saturated carbocycles. The van der Waals surface area contributed by atoms with Crippen LogP contribution in [0.5, 0.6) is 0 Å². The van der Waals surface area contributed by atoms with Crippen LogP contribution in [-0.2, 0) is 13.0 Å². The number of Topliss-reactive ketones (excluding diaryl/α,β-unsaturated/α-hetero) is 1. The van der Waals surface area contributed by atoms with Crippen LogP contribution in [-0.4, -0.2) is 52.9 Å². The van der Waals surface area contributed by atoms with Crippen LogP contribution in [0, 0.1) is 0 Å². The maximum atomic E-state index is 12.0. The van der Waals surface area contributed by atoms with Crippen LogP contribution in [0.25, 0.3) is 0 Å². The van der Waals surface area contributed by atoms with E-state index in [0.29, 0.717) is 5.78 Å². The number of rotatable bonds is 6. The topological polar surface area (TPSA) is 28.5 Å². The highest BCUT2D eigenvalue weighted by Gasteiger charge is 2.20. The van der Waals surface area contributed by atoms with Crippen LogP contribution in [0.4, 0.5) is 0 Å². The Morgan fingerprint density at radius 1 is 0.929 bits per heavy atom. The van der Waals surface area contributed by atoms with Crippen molar-refractivity contribution in [2.24, 2.45) is 0 Å². The fourth-order valence-corrected chi connectivity index (χ4v) is 4.61. The van der Waals surface area contributed by atoms with Crippen molar-refractivity contribution in [3.05, 3.63) is 59.6 Å². The highest BCUT2D eigenvalue weighted by Crippen LogP contribution is 2.23. The monoisotopic (exact) mass is 379 g/mol. The van der Waals surface area contributed by atoms with E-state index in [1.165, 1.54) is 30.8 Å². The summed E-state index contributed by atoms with van der Waals surface area (Å²) in [4.78, 5) is 17.1. The average Bonchev–Trinajstić information content (AvgIpc) is 3.10. The summed E-state index contributed by atoms with van der Waals surface area (Å²) in [5, 5.41) is 0. The van der Waals surface area contributed by atoms with Crippen molar-refractivity contribution < 1.29 is 4.79 Å².